The van der Waals surface area contributed by atoms with E-state index in [4.69, 9.17) is 5.26 Å². The van der Waals surface area contributed by atoms with E-state index < -0.39 is 0 Å². The van der Waals surface area contributed by atoms with E-state index in [2.05, 4.69) is 16.5 Å². The minimum absolute atomic E-state index is 0. The minimum Gasteiger partial charge on any atom is -0.309 e. The van der Waals surface area contributed by atoms with Crippen LogP contribution in [0.2, 0.25) is 0 Å². The van der Waals surface area contributed by atoms with Gasteiger partial charge in [0.15, 0.2) is 0 Å². The molecule has 1 atom stereocenters. The molecule has 0 bridgehead atoms. The van der Waals surface area contributed by atoms with Gasteiger partial charge in [-0.15, -0.1) is 12.4 Å². The second-order valence-electron chi connectivity index (χ2n) is 3.34. The van der Waals surface area contributed by atoms with E-state index in [9.17, 15) is 0 Å². The normalized spacial score (nSPS) is 20.1. The molecule has 4 nitrogen and oxygen atoms in total. The van der Waals surface area contributed by atoms with Gasteiger partial charge in [-0.3, -0.25) is 4.68 Å². The maximum Gasteiger partial charge on any atom is 0.138 e. The molecular formula is C9H13ClN4. The lowest BCUT2D eigenvalue weighted by molar-refractivity contribution is 0.606. The molecule has 1 N–H and O–H groups in total. The van der Waals surface area contributed by atoms with Gasteiger partial charge < -0.3 is 5.32 Å². The van der Waals surface area contributed by atoms with Crippen LogP contribution in [-0.4, -0.2) is 16.3 Å². The monoisotopic (exact) mass is 212 g/mol. The van der Waals surface area contributed by atoms with Gasteiger partial charge in [0.1, 0.15) is 11.8 Å². The summed E-state index contributed by atoms with van der Waals surface area (Å²) >= 11 is 0. The van der Waals surface area contributed by atoms with Gasteiger partial charge in [-0.25, -0.2) is 0 Å². The van der Waals surface area contributed by atoms with Crippen LogP contribution in [-0.2, 0) is 7.05 Å². The van der Waals surface area contributed by atoms with E-state index >= 15 is 0 Å². The molecule has 1 saturated heterocycles. The smallest absolute Gasteiger partial charge is 0.138 e. The molecule has 1 aliphatic heterocycles. The minimum atomic E-state index is 0. The summed E-state index contributed by atoms with van der Waals surface area (Å²) in [6.07, 6.45) is 2.32. The Bertz CT molecular complexity index is 346. The van der Waals surface area contributed by atoms with E-state index in [0.717, 1.165) is 18.7 Å². The van der Waals surface area contributed by atoms with Crippen LogP contribution >= 0.6 is 12.4 Å². The summed E-state index contributed by atoms with van der Waals surface area (Å²) in [6, 6.07) is 4.33. The van der Waals surface area contributed by atoms with Crippen LogP contribution in [0.25, 0.3) is 0 Å². The Morgan fingerprint density at radius 1 is 1.71 bits per heavy atom. The molecule has 0 spiro atoms. The van der Waals surface area contributed by atoms with Crippen LogP contribution in [0.5, 0.6) is 0 Å². The summed E-state index contributed by atoms with van der Waals surface area (Å²) in [7, 11) is 1.80. The third-order valence-corrected chi connectivity index (χ3v) is 2.43. The molecular weight excluding hydrogens is 200 g/mol. The van der Waals surface area contributed by atoms with Gasteiger partial charge in [0.05, 0.1) is 11.7 Å². The molecule has 1 fully saturated rings. The van der Waals surface area contributed by atoms with Gasteiger partial charge in [0.25, 0.3) is 0 Å². The van der Waals surface area contributed by atoms with Gasteiger partial charge in [-0.1, -0.05) is 0 Å². The molecule has 0 aromatic carbocycles. The van der Waals surface area contributed by atoms with Crippen LogP contribution in [0.1, 0.15) is 30.3 Å². The quantitative estimate of drug-likeness (QED) is 0.760. The first-order valence-electron chi connectivity index (χ1n) is 4.48. The van der Waals surface area contributed by atoms with Crippen molar-refractivity contribution in [3.63, 3.8) is 0 Å². The van der Waals surface area contributed by atoms with E-state index in [1.807, 2.05) is 6.07 Å². The van der Waals surface area contributed by atoms with Crippen LogP contribution in [0.4, 0.5) is 0 Å². The molecule has 14 heavy (non-hydrogen) atoms. The first kappa shape index (κ1) is 11.0. The molecule has 1 aromatic rings. The van der Waals surface area contributed by atoms with Crippen LogP contribution in [0, 0.1) is 11.3 Å². The second kappa shape index (κ2) is 4.45. The number of halogens is 1. The Balaban J connectivity index is 0.000000980. The Hall–Kier alpha value is -1.05. The number of aryl methyl sites for hydroxylation is 1. The molecule has 76 valence electrons. The largest absolute Gasteiger partial charge is 0.309 e. The molecule has 0 amide bonds. The van der Waals surface area contributed by atoms with Crippen LogP contribution < -0.4 is 5.32 Å². The number of rotatable bonds is 1. The number of hydrogen-bond donors (Lipinski definition) is 1. The summed E-state index contributed by atoms with van der Waals surface area (Å²) in [6.45, 7) is 1.06. The van der Waals surface area contributed by atoms with Gasteiger partial charge in [-0.2, -0.15) is 10.4 Å². The lowest BCUT2D eigenvalue weighted by Crippen LogP contribution is -2.13. The van der Waals surface area contributed by atoms with Gasteiger partial charge >= 0.3 is 0 Å². The Morgan fingerprint density at radius 2 is 2.50 bits per heavy atom. The van der Waals surface area contributed by atoms with Gasteiger partial charge in [-0.05, 0) is 25.5 Å². The zero-order chi connectivity index (χ0) is 9.26. The first-order chi connectivity index (χ1) is 6.31. The third-order valence-electron chi connectivity index (χ3n) is 2.43. The maximum atomic E-state index is 8.74. The van der Waals surface area contributed by atoms with Crippen molar-refractivity contribution in [2.75, 3.05) is 6.54 Å². The third kappa shape index (κ3) is 1.89. The van der Waals surface area contributed by atoms with E-state index in [0.29, 0.717) is 11.7 Å². The van der Waals surface area contributed by atoms with Crippen LogP contribution in [0.15, 0.2) is 6.07 Å². The van der Waals surface area contributed by atoms with Gasteiger partial charge in [0, 0.05) is 7.05 Å². The number of nitrogens with zero attached hydrogens (tertiary/aromatic N) is 3. The van der Waals surface area contributed by atoms with Crippen molar-refractivity contribution in [3.05, 3.63) is 17.5 Å². The van der Waals surface area contributed by atoms with E-state index in [1.54, 1.807) is 11.7 Å². The average molecular weight is 213 g/mol. The highest BCUT2D eigenvalue weighted by Gasteiger charge is 2.19. The highest BCUT2D eigenvalue weighted by molar-refractivity contribution is 5.85. The van der Waals surface area contributed by atoms with Crippen molar-refractivity contribution >= 4 is 12.4 Å². The fourth-order valence-electron chi connectivity index (χ4n) is 1.70. The molecule has 1 unspecified atom stereocenters. The summed E-state index contributed by atoms with van der Waals surface area (Å²) in [5, 5.41) is 16.4. The lowest BCUT2D eigenvalue weighted by Gasteiger charge is -2.04. The van der Waals surface area contributed by atoms with Crippen molar-refractivity contribution in [2.45, 2.75) is 18.9 Å². The number of hydrogen-bond acceptors (Lipinski definition) is 3. The standard InChI is InChI=1S/C9H12N4.ClH/c1-13-7(6-10)5-9(12-13)8-3-2-4-11-8;/h5,8,11H,2-4H2,1H3;1H. The predicted molar refractivity (Wildman–Crippen MR) is 55.1 cm³/mol. The average Bonchev–Trinajstić information content (AvgIpc) is 2.71. The number of nitriles is 1. The molecule has 0 saturated carbocycles. The zero-order valence-corrected chi connectivity index (χ0v) is 8.84. The predicted octanol–water partition coefficient (Wildman–Crippen LogP) is 1.14. The molecule has 2 heterocycles. The maximum absolute atomic E-state index is 8.74. The molecule has 5 heteroatoms. The molecule has 1 aromatic heterocycles. The Morgan fingerprint density at radius 3 is 3.00 bits per heavy atom. The first-order valence-corrected chi connectivity index (χ1v) is 4.48. The van der Waals surface area contributed by atoms with E-state index in [-0.39, 0.29) is 12.4 Å². The molecule has 2 rings (SSSR count). The van der Waals surface area contributed by atoms with Gasteiger partial charge in [0.2, 0.25) is 0 Å². The van der Waals surface area contributed by atoms with Crippen molar-refractivity contribution in [3.8, 4) is 6.07 Å². The lowest BCUT2D eigenvalue weighted by atomic mass is 10.1. The Kier molecular flexibility index (Phi) is 3.50. The summed E-state index contributed by atoms with van der Waals surface area (Å²) in [5.41, 5.74) is 1.63. The summed E-state index contributed by atoms with van der Waals surface area (Å²) < 4.78 is 1.63. The topological polar surface area (TPSA) is 53.6 Å². The SMILES string of the molecule is Cl.Cn1nc(C2CCCN2)cc1C#N. The summed E-state index contributed by atoms with van der Waals surface area (Å²) in [4.78, 5) is 0. The number of aromatic nitrogens is 2. The van der Waals surface area contributed by atoms with Crippen molar-refractivity contribution in [1.29, 1.82) is 5.26 Å². The van der Waals surface area contributed by atoms with Crippen molar-refractivity contribution in [2.24, 2.45) is 7.05 Å². The zero-order valence-electron chi connectivity index (χ0n) is 8.03. The highest BCUT2D eigenvalue weighted by atomic mass is 35.5. The molecule has 0 aliphatic carbocycles. The Labute approximate surface area is 89.3 Å². The fraction of sp³-hybridized carbons (Fsp3) is 0.556. The molecule has 0 radical (unpaired) electrons. The highest BCUT2D eigenvalue weighted by Crippen LogP contribution is 2.21. The van der Waals surface area contributed by atoms with Crippen LogP contribution in [0.3, 0.4) is 0 Å². The second-order valence-corrected chi connectivity index (χ2v) is 3.34. The van der Waals surface area contributed by atoms with E-state index in [1.165, 1.54) is 6.42 Å². The fourth-order valence-corrected chi connectivity index (χ4v) is 1.70. The van der Waals surface area contributed by atoms with Crippen molar-refractivity contribution < 1.29 is 0 Å². The molecule has 1 aliphatic rings. The number of nitrogens with one attached hydrogen (secondary N) is 1. The summed E-state index contributed by atoms with van der Waals surface area (Å²) in [5.74, 6) is 0. The van der Waals surface area contributed by atoms with Crippen molar-refractivity contribution in [1.82, 2.24) is 15.1 Å².